The van der Waals surface area contributed by atoms with E-state index in [2.05, 4.69) is 34.1 Å². The van der Waals surface area contributed by atoms with E-state index in [-0.39, 0.29) is 18.6 Å². The van der Waals surface area contributed by atoms with E-state index >= 15 is 0 Å². The molecule has 0 saturated heterocycles. The Bertz CT molecular complexity index is 1320. The van der Waals surface area contributed by atoms with Gasteiger partial charge in [-0.1, -0.05) is 54.6 Å². The molecular formula is C25H23N3O3. The molecule has 2 heterocycles. The molecule has 0 saturated carbocycles. The number of rotatable bonds is 5. The summed E-state index contributed by atoms with van der Waals surface area (Å²) in [7, 11) is 1.59. The number of aromatic nitrogens is 2. The van der Waals surface area contributed by atoms with Crippen LogP contribution in [0.4, 0.5) is 5.95 Å². The normalized spacial score (nSPS) is 15.7. The van der Waals surface area contributed by atoms with E-state index in [4.69, 9.17) is 14.5 Å². The number of nitrogens with one attached hydrogen (secondary N) is 1. The number of hydrogen-bond donors (Lipinski definition) is 1. The van der Waals surface area contributed by atoms with Crippen LogP contribution in [-0.4, -0.2) is 35.8 Å². The molecule has 0 bridgehead atoms. The Balaban J connectivity index is 1.75. The average Bonchev–Trinajstić information content (AvgIpc) is 3.15. The van der Waals surface area contributed by atoms with Crippen molar-refractivity contribution in [2.75, 3.05) is 25.6 Å². The van der Waals surface area contributed by atoms with Crippen LogP contribution in [0.2, 0.25) is 0 Å². The Kier molecular flexibility index (Phi) is 4.92. The predicted octanol–water partition coefficient (Wildman–Crippen LogP) is 4.67. The van der Waals surface area contributed by atoms with Crippen LogP contribution in [0.5, 0.6) is 0 Å². The molecular weight excluding hydrogens is 390 g/mol. The second-order valence-corrected chi connectivity index (χ2v) is 7.56. The first-order chi connectivity index (χ1) is 15.2. The number of hydrogen-bond acceptors (Lipinski definition) is 5. The van der Waals surface area contributed by atoms with Gasteiger partial charge >= 0.3 is 5.97 Å². The maximum atomic E-state index is 13.3. The van der Waals surface area contributed by atoms with Crippen molar-refractivity contribution in [2.45, 2.75) is 13.0 Å². The van der Waals surface area contributed by atoms with Gasteiger partial charge in [-0.25, -0.2) is 9.78 Å². The fourth-order valence-corrected chi connectivity index (χ4v) is 4.31. The Morgan fingerprint density at radius 1 is 1.03 bits per heavy atom. The number of imidazole rings is 1. The van der Waals surface area contributed by atoms with Gasteiger partial charge in [-0.15, -0.1) is 0 Å². The molecule has 5 rings (SSSR count). The van der Waals surface area contributed by atoms with E-state index < -0.39 is 0 Å². The third-order valence-electron chi connectivity index (χ3n) is 5.69. The lowest BCUT2D eigenvalue weighted by Gasteiger charge is -2.31. The zero-order valence-corrected chi connectivity index (χ0v) is 17.5. The second-order valence-electron chi connectivity index (χ2n) is 7.56. The van der Waals surface area contributed by atoms with Crippen LogP contribution in [0.1, 0.15) is 18.5 Å². The summed E-state index contributed by atoms with van der Waals surface area (Å²) in [6.45, 7) is 2.45. The number of benzene rings is 3. The van der Waals surface area contributed by atoms with Gasteiger partial charge in [0.05, 0.1) is 29.3 Å². The van der Waals surface area contributed by atoms with Crippen molar-refractivity contribution < 1.29 is 14.3 Å². The highest BCUT2D eigenvalue weighted by Gasteiger charge is 2.35. The van der Waals surface area contributed by atoms with E-state index in [0.29, 0.717) is 18.1 Å². The number of para-hydroxylation sites is 2. The summed E-state index contributed by atoms with van der Waals surface area (Å²) < 4.78 is 12.7. The Labute approximate surface area is 180 Å². The highest BCUT2D eigenvalue weighted by atomic mass is 16.6. The number of carbonyl (C=O) groups excluding carboxylic acids is 1. The third kappa shape index (κ3) is 3.25. The number of fused-ring (bicyclic) bond motifs is 4. The maximum Gasteiger partial charge on any atom is 0.338 e. The smallest absolute Gasteiger partial charge is 0.338 e. The summed E-state index contributed by atoms with van der Waals surface area (Å²) in [6.07, 6.45) is 0. The van der Waals surface area contributed by atoms with Crippen molar-refractivity contribution in [1.82, 2.24) is 9.55 Å². The van der Waals surface area contributed by atoms with Crippen LogP contribution in [0, 0.1) is 0 Å². The van der Waals surface area contributed by atoms with Crippen LogP contribution < -0.4 is 5.32 Å². The molecule has 31 heavy (non-hydrogen) atoms. The first-order valence-electron chi connectivity index (χ1n) is 10.3. The minimum absolute atomic E-state index is 0.200. The summed E-state index contributed by atoms with van der Waals surface area (Å²) in [5.74, 6) is 0.355. The minimum Gasteiger partial charge on any atom is -0.460 e. The molecule has 0 aliphatic carbocycles. The van der Waals surface area contributed by atoms with Gasteiger partial charge < -0.3 is 14.8 Å². The molecule has 1 aromatic heterocycles. The molecule has 1 atom stereocenters. The number of carbonyl (C=O) groups is 1. The SMILES string of the molecule is COCCOC(=O)C1=C(C)Nc2nc3ccccc3n2[C@H]1c1cccc2ccccc12. The lowest BCUT2D eigenvalue weighted by atomic mass is 9.91. The molecule has 0 spiro atoms. The minimum atomic E-state index is -0.371. The van der Waals surface area contributed by atoms with Crippen LogP contribution in [0.3, 0.4) is 0 Å². The van der Waals surface area contributed by atoms with Crippen molar-refractivity contribution in [1.29, 1.82) is 0 Å². The summed E-state index contributed by atoms with van der Waals surface area (Å²) in [5.41, 5.74) is 4.17. The van der Waals surface area contributed by atoms with Gasteiger partial charge in [0.25, 0.3) is 0 Å². The zero-order valence-electron chi connectivity index (χ0n) is 17.5. The number of ether oxygens (including phenoxy) is 2. The van der Waals surface area contributed by atoms with Gasteiger partial charge in [0.15, 0.2) is 0 Å². The van der Waals surface area contributed by atoms with Gasteiger partial charge in [-0.2, -0.15) is 0 Å². The molecule has 3 aromatic carbocycles. The molecule has 4 aromatic rings. The van der Waals surface area contributed by atoms with Crippen LogP contribution in [0.15, 0.2) is 78.0 Å². The van der Waals surface area contributed by atoms with Crippen molar-refractivity contribution in [3.63, 3.8) is 0 Å². The van der Waals surface area contributed by atoms with Crippen LogP contribution in [0.25, 0.3) is 21.8 Å². The number of esters is 1. The molecule has 156 valence electrons. The van der Waals surface area contributed by atoms with Gasteiger partial charge in [-0.05, 0) is 35.4 Å². The molecule has 1 N–H and O–H groups in total. The van der Waals surface area contributed by atoms with Crippen LogP contribution >= 0.6 is 0 Å². The average molecular weight is 413 g/mol. The largest absolute Gasteiger partial charge is 0.460 e. The molecule has 6 heteroatoms. The van der Waals surface area contributed by atoms with Crippen molar-refractivity contribution >= 4 is 33.7 Å². The van der Waals surface area contributed by atoms with Crippen molar-refractivity contribution in [3.05, 3.63) is 83.6 Å². The van der Waals surface area contributed by atoms with Crippen LogP contribution in [-0.2, 0) is 14.3 Å². The van der Waals surface area contributed by atoms with Crippen molar-refractivity contribution in [2.24, 2.45) is 0 Å². The van der Waals surface area contributed by atoms with Gasteiger partial charge in [-0.3, -0.25) is 4.57 Å². The summed E-state index contributed by atoms with van der Waals surface area (Å²) in [6, 6.07) is 22.0. The number of methoxy groups -OCH3 is 1. The van der Waals surface area contributed by atoms with E-state index in [1.54, 1.807) is 7.11 Å². The molecule has 1 aliphatic rings. The highest BCUT2D eigenvalue weighted by molar-refractivity contribution is 5.96. The van der Waals surface area contributed by atoms with E-state index in [0.717, 1.165) is 33.1 Å². The molecule has 1 aliphatic heterocycles. The fourth-order valence-electron chi connectivity index (χ4n) is 4.31. The molecule has 0 unspecified atom stereocenters. The lowest BCUT2D eigenvalue weighted by Crippen LogP contribution is -2.29. The summed E-state index contributed by atoms with van der Waals surface area (Å²) in [4.78, 5) is 18.0. The third-order valence-corrected chi connectivity index (χ3v) is 5.69. The van der Waals surface area contributed by atoms with Gasteiger partial charge in [0, 0.05) is 12.8 Å². The maximum absolute atomic E-state index is 13.3. The van der Waals surface area contributed by atoms with Gasteiger partial charge in [0.1, 0.15) is 6.61 Å². The standard InChI is InChI=1S/C25H23N3O3/c1-16-22(24(29)31-15-14-30-2)23(19-11-7-9-17-8-3-4-10-18(17)19)28-21-13-6-5-12-20(21)27-25(28)26-16/h3-13,23H,14-15H2,1-2H3,(H,26,27)/t23-/m0/s1. The summed E-state index contributed by atoms with van der Waals surface area (Å²) in [5, 5.41) is 5.53. The molecule has 6 nitrogen and oxygen atoms in total. The second kappa shape index (κ2) is 7.89. The number of nitrogens with zero attached hydrogens (tertiary/aromatic N) is 2. The van der Waals surface area contributed by atoms with Crippen molar-refractivity contribution in [3.8, 4) is 0 Å². The zero-order chi connectivity index (χ0) is 21.4. The number of anilines is 1. The fraction of sp³-hybridized carbons (Fsp3) is 0.200. The summed E-state index contributed by atoms with van der Waals surface area (Å²) >= 11 is 0. The Morgan fingerprint density at radius 3 is 2.68 bits per heavy atom. The van der Waals surface area contributed by atoms with E-state index in [9.17, 15) is 4.79 Å². The Morgan fingerprint density at radius 2 is 1.81 bits per heavy atom. The Hall–Kier alpha value is -3.64. The highest BCUT2D eigenvalue weighted by Crippen LogP contribution is 2.41. The topological polar surface area (TPSA) is 65.4 Å². The predicted molar refractivity (Wildman–Crippen MR) is 121 cm³/mol. The van der Waals surface area contributed by atoms with E-state index in [1.165, 1.54) is 0 Å². The first-order valence-corrected chi connectivity index (χ1v) is 10.3. The molecule has 0 radical (unpaired) electrons. The molecule has 0 amide bonds. The van der Waals surface area contributed by atoms with E-state index in [1.807, 2.05) is 49.4 Å². The lowest BCUT2D eigenvalue weighted by molar-refractivity contribution is -0.140. The van der Waals surface area contributed by atoms with Gasteiger partial charge in [0.2, 0.25) is 5.95 Å². The monoisotopic (exact) mass is 413 g/mol. The first kappa shape index (κ1) is 19.3. The number of allylic oxidation sites excluding steroid dienone is 1. The molecule has 0 fully saturated rings. The quantitative estimate of drug-likeness (QED) is 0.381.